The molecule has 0 unspecified atom stereocenters. The lowest BCUT2D eigenvalue weighted by Gasteiger charge is -2.12. The number of imide groups is 1. The fraction of sp³-hybridized carbons (Fsp3) is 0.538. The zero-order chi connectivity index (χ0) is 12.7. The average Bonchev–Trinajstić information content (AvgIpc) is 2.54. The molecule has 1 N–H and O–H groups in total. The van der Waals surface area contributed by atoms with Gasteiger partial charge in [-0.2, -0.15) is 0 Å². The second-order valence-electron chi connectivity index (χ2n) is 4.16. The van der Waals surface area contributed by atoms with Gasteiger partial charge in [0.1, 0.15) is 0 Å². The van der Waals surface area contributed by atoms with Crippen molar-refractivity contribution in [2.45, 2.75) is 26.7 Å². The van der Waals surface area contributed by atoms with Crippen molar-refractivity contribution < 1.29 is 9.59 Å². The molecule has 0 aromatic rings. The first kappa shape index (κ1) is 13.5. The monoisotopic (exact) mass is 236 g/mol. The van der Waals surface area contributed by atoms with E-state index in [4.69, 9.17) is 0 Å². The van der Waals surface area contributed by atoms with Crippen LogP contribution in [-0.2, 0) is 9.59 Å². The van der Waals surface area contributed by atoms with Crippen LogP contribution in [0.3, 0.4) is 0 Å². The van der Waals surface area contributed by atoms with Gasteiger partial charge in [0.15, 0.2) is 0 Å². The van der Waals surface area contributed by atoms with Crippen molar-refractivity contribution in [2.24, 2.45) is 5.92 Å². The quantitative estimate of drug-likeness (QED) is 0.431. The van der Waals surface area contributed by atoms with E-state index in [0.29, 0.717) is 19.4 Å². The summed E-state index contributed by atoms with van der Waals surface area (Å²) < 4.78 is 0. The van der Waals surface area contributed by atoms with Gasteiger partial charge in [0, 0.05) is 25.4 Å². The Hall–Kier alpha value is -1.58. The van der Waals surface area contributed by atoms with Crippen molar-refractivity contribution in [1.82, 2.24) is 10.2 Å². The van der Waals surface area contributed by atoms with E-state index in [-0.39, 0.29) is 17.7 Å². The summed E-state index contributed by atoms with van der Waals surface area (Å²) in [7, 11) is 0. The van der Waals surface area contributed by atoms with Gasteiger partial charge in [0.05, 0.1) is 0 Å². The Morgan fingerprint density at radius 2 is 2.18 bits per heavy atom. The van der Waals surface area contributed by atoms with Gasteiger partial charge >= 0.3 is 0 Å². The summed E-state index contributed by atoms with van der Waals surface area (Å²) in [5.41, 5.74) is 0. The number of nitrogens with zero attached hydrogens (tertiary/aromatic N) is 1. The highest BCUT2D eigenvalue weighted by Gasteiger charge is 2.34. The van der Waals surface area contributed by atoms with Crippen molar-refractivity contribution in [2.75, 3.05) is 13.1 Å². The summed E-state index contributed by atoms with van der Waals surface area (Å²) in [5, 5.41) is 3.09. The highest BCUT2D eigenvalue weighted by molar-refractivity contribution is 6.03. The highest BCUT2D eigenvalue weighted by atomic mass is 16.2. The molecule has 2 amide bonds. The molecule has 17 heavy (non-hydrogen) atoms. The van der Waals surface area contributed by atoms with E-state index in [9.17, 15) is 9.59 Å². The number of rotatable bonds is 6. The van der Waals surface area contributed by atoms with Crippen LogP contribution >= 0.6 is 0 Å². The summed E-state index contributed by atoms with van der Waals surface area (Å²) in [5.74, 6) is -0.220. The van der Waals surface area contributed by atoms with E-state index in [1.54, 1.807) is 6.92 Å². The van der Waals surface area contributed by atoms with Crippen LogP contribution in [0, 0.1) is 5.92 Å². The zero-order valence-corrected chi connectivity index (χ0v) is 10.5. The van der Waals surface area contributed by atoms with Gasteiger partial charge in [0.25, 0.3) is 0 Å². The van der Waals surface area contributed by atoms with E-state index in [2.05, 4.69) is 5.32 Å². The largest absolute Gasteiger partial charge is 0.388 e. The standard InChI is InChI=1S/C13H20N2O2/c1-3-4-7-14-8-5-6-9-15-12(16)10-11(2)13(15)17/h3-5,8,11,14H,6-7,9-10H2,1-2H3/t11-/m1/s1. The van der Waals surface area contributed by atoms with Crippen LogP contribution in [0.1, 0.15) is 26.7 Å². The summed E-state index contributed by atoms with van der Waals surface area (Å²) in [6.45, 7) is 5.06. The predicted molar refractivity (Wildman–Crippen MR) is 67.1 cm³/mol. The third kappa shape index (κ3) is 4.06. The van der Waals surface area contributed by atoms with Crippen molar-refractivity contribution in [3.63, 3.8) is 0 Å². The van der Waals surface area contributed by atoms with Crippen molar-refractivity contribution >= 4 is 11.8 Å². The molecule has 0 spiro atoms. The molecule has 1 rings (SSSR count). The lowest BCUT2D eigenvalue weighted by molar-refractivity contribution is -0.139. The van der Waals surface area contributed by atoms with Crippen molar-refractivity contribution in [3.05, 3.63) is 24.4 Å². The maximum Gasteiger partial charge on any atom is 0.232 e. The number of allylic oxidation sites excluding steroid dienone is 1. The van der Waals surface area contributed by atoms with Gasteiger partial charge in [-0.3, -0.25) is 14.5 Å². The Bertz CT molecular complexity index is 334. The third-order valence-corrected chi connectivity index (χ3v) is 2.70. The number of carbonyl (C=O) groups is 2. The van der Waals surface area contributed by atoms with Gasteiger partial charge in [-0.15, -0.1) is 0 Å². The molecule has 94 valence electrons. The molecule has 4 heteroatoms. The van der Waals surface area contributed by atoms with Crippen molar-refractivity contribution in [3.8, 4) is 0 Å². The summed E-state index contributed by atoms with van der Waals surface area (Å²) in [6.07, 6.45) is 8.85. The number of amides is 2. The van der Waals surface area contributed by atoms with E-state index < -0.39 is 0 Å². The molecule has 1 aliphatic rings. The predicted octanol–water partition coefficient (Wildman–Crippen LogP) is 1.45. The minimum atomic E-state index is -0.140. The van der Waals surface area contributed by atoms with Crippen LogP contribution in [-0.4, -0.2) is 29.8 Å². The SMILES string of the molecule is CC=CCNC=CCCN1C(=O)C[C@@H](C)C1=O. The molecular formula is C13H20N2O2. The molecule has 1 saturated heterocycles. The number of hydrogen-bond donors (Lipinski definition) is 1. The van der Waals surface area contributed by atoms with E-state index in [0.717, 1.165) is 6.54 Å². The molecular weight excluding hydrogens is 216 g/mol. The highest BCUT2D eigenvalue weighted by Crippen LogP contribution is 2.18. The van der Waals surface area contributed by atoms with Gasteiger partial charge in [0.2, 0.25) is 11.8 Å². The first-order valence-corrected chi connectivity index (χ1v) is 6.00. The van der Waals surface area contributed by atoms with Gasteiger partial charge in [-0.1, -0.05) is 25.2 Å². The van der Waals surface area contributed by atoms with Crippen LogP contribution in [0.15, 0.2) is 24.4 Å². The number of hydrogen-bond acceptors (Lipinski definition) is 3. The van der Waals surface area contributed by atoms with Crippen LogP contribution < -0.4 is 5.32 Å². The summed E-state index contributed by atoms with van der Waals surface area (Å²) >= 11 is 0. The van der Waals surface area contributed by atoms with Crippen LogP contribution in [0.4, 0.5) is 0 Å². The first-order valence-electron chi connectivity index (χ1n) is 6.00. The number of likely N-dealkylation sites (tertiary alicyclic amines) is 1. The number of carbonyl (C=O) groups excluding carboxylic acids is 2. The summed E-state index contributed by atoms with van der Waals surface area (Å²) in [4.78, 5) is 24.4. The Morgan fingerprint density at radius 1 is 1.41 bits per heavy atom. The smallest absolute Gasteiger partial charge is 0.232 e. The Balaban J connectivity index is 2.22. The third-order valence-electron chi connectivity index (χ3n) is 2.70. The lowest BCUT2D eigenvalue weighted by Crippen LogP contribution is -2.31. The lowest BCUT2D eigenvalue weighted by atomic mass is 10.1. The molecule has 0 aliphatic carbocycles. The Morgan fingerprint density at radius 3 is 2.76 bits per heavy atom. The second kappa shape index (κ2) is 6.89. The van der Waals surface area contributed by atoms with Gasteiger partial charge < -0.3 is 5.32 Å². The van der Waals surface area contributed by atoms with Crippen molar-refractivity contribution in [1.29, 1.82) is 0 Å². The molecule has 1 aliphatic heterocycles. The molecule has 0 saturated carbocycles. The molecule has 0 aromatic heterocycles. The average molecular weight is 236 g/mol. The van der Waals surface area contributed by atoms with E-state index in [1.165, 1.54) is 4.90 Å². The Kier molecular flexibility index (Phi) is 5.46. The molecule has 0 radical (unpaired) electrons. The topological polar surface area (TPSA) is 49.4 Å². The Labute approximate surface area is 102 Å². The molecule has 1 fully saturated rings. The maximum atomic E-state index is 11.6. The molecule has 1 heterocycles. The fourth-order valence-corrected chi connectivity index (χ4v) is 1.71. The number of nitrogens with one attached hydrogen (secondary N) is 1. The fourth-order valence-electron chi connectivity index (χ4n) is 1.71. The second-order valence-corrected chi connectivity index (χ2v) is 4.16. The van der Waals surface area contributed by atoms with Gasteiger partial charge in [-0.05, 0) is 19.5 Å². The van der Waals surface area contributed by atoms with Crippen LogP contribution in [0.2, 0.25) is 0 Å². The minimum absolute atomic E-state index is 0.0368. The zero-order valence-electron chi connectivity index (χ0n) is 10.5. The first-order chi connectivity index (χ1) is 8.16. The molecule has 1 atom stereocenters. The molecule has 0 aromatic carbocycles. The molecule has 4 nitrogen and oxygen atoms in total. The van der Waals surface area contributed by atoms with E-state index in [1.807, 2.05) is 31.4 Å². The van der Waals surface area contributed by atoms with E-state index >= 15 is 0 Å². The maximum absolute atomic E-state index is 11.6. The van der Waals surface area contributed by atoms with Crippen LogP contribution in [0.25, 0.3) is 0 Å². The summed E-state index contributed by atoms with van der Waals surface area (Å²) in [6, 6.07) is 0. The minimum Gasteiger partial charge on any atom is -0.388 e. The molecule has 0 bridgehead atoms. The van der Waals surface area contributed by atoms with Gasteiger partial charge in [-0.25, -0.2) is 0 Å². The van der Waals surface area contributed by atoms with Crippen LogP contribution in [0.5, 0.6) is 0 Å². The normalized spacial score (nSPS) is 21.1.